The summed E-state index contributed by atoms with van der Waals surface area (Å²) in [5, 5.41) is 2.65. The fourth-order valence-electron chi connectivity index (χ4n) is 1.98. The monoisotopic (exact) mass is 302 g/mol. The van der Waals surface area contributed by atoms with Gasteiger partial charge in [-0.15, -0.1) is 0 Å². The van der Waals surface area contributed by atoms with Crippen molar-refractivity contribution in [1.29, 1.82) is 0 Å². The molecule has 110 valence electrons. The largest absolute Gasteiger partial charge is 0.381 e. The maximum Gasteiger partial charge on any atom is 0.288 e. The summed E-state index contributed by atoms with van der Waals surface area (Å²) in [7, 11) is 0. The number of benzene rings is 1. The molecule has 1 aromatic carbocycles. The average molecular weight is 302 g/mol. The SMILES string of the molecule is NC1(C(=O)Nc2ccccc2SC(F)F)CCOCC1. The van der Waals surface area contributed by atoms with E-state index in [2.05, 4.69) is 5.32 Å². The highest BCUT2D eigenvalue weighted by atomic mass is 32.2. The number of ether oxygens (including phenoxy) is 1. The van der Waals surface area contributed by atoms with Gasteiger partial charge in [0, 0.05) is 18.1 Å². The third-order valence-electron chi connectivity index (χ3n) is 3.19. The van der Waals surface area contributed by atoms with Crippen LogP contribution < -0.4 is 11.1 Å². The summed E-state index contributed by atoms with van der Waals surface area (Å²) in [4.78, 5) is 12.6. The lowest BCUT2D eigenvalue weighted by molar-refractivity contribution is -0.124. The number of carbonyl (C=O) groups is 1. The van der Waals surface area contributed by atoms with E-state index in [1.807, 2.05) is 0 Å². The number of anilines is 1. The number of amides is 1. The summed E-state index contributed by atoms with van der Waals surface area (Å²) in [6.07, 6.45) is 0.839. The van der Waals surface area contributed by atoms with Gasteiger partial charge in [-0.25, -0.2) is 0 Å². The van der Waals surface area contributed by atoms with Gasteiger partial charge in [0.2, 0.25) is 5.91 Å². The average Bonchev–Trinajstić information content (AvgIpc) is 2.41. The Kier molecular flexibility index (Phi) is 4.95. The first-order valence-corrected chi connectivity index (χ1v) is 7.11. The van der Waals surface area contributed by atoms with E-state index in [-0.39, 0.29) is 5.91 Å². The molecule has 0 aromatic heterocycles. The van der Waals surface area contributed by atoms with Gasteiger partial charge in [0.1, 0.15) is 5.54 Å². The number of halogens is 2. The Balaban J connectivity index is 2.11. The van der Waals surface area contributed by atoms with Gasteiger partial charge < -0.3 is 15.8 Å². The lowest BCUT2D eigenvalue weighted by atomic mass is 9.90. The van der Waals surface area contributed by atoms with Gasteiger partial charge >= 0.3 is 0 Å². The minimum atomic E-state index is -2.54. The van der Waals surface area contributed by atoms with Crippen LogP contribution in [0.15, 0.2) is 29.2 Å². The lowest BCUT2D eigenvalue weighted by Crippen LogP contribution is -2.54. The minimum absolute atomic E-state index is 0.325. The van der Waals surface area contributed by atoms with Crippen LogP contribution in [-0.4, -0.2) is 30.4 Å². The molecule has 1 aliphatic rings. The van der Waals surface area contributed by atoms with Crippen molar-refractivity contribution in [3.05, 3.63) is 24.3 Å². The third-order valence-corrected chi connectivity index (χ3v) is 3.98. The van der Waals surface area contributed by atoms with Crippen LogP contribution in [0.25, 0.3) is 0 Å². The summed E-state index contributed by atoms with van der Waals surface area (Å²) >= 11 is 0.399. The smallest absolute Gasteiger partial charge is 0.288 e. The minimum Gasteiger partial charge on any atom is -0.381 e. The second-order valence-electron chi connectivity index (χ2n) is 4.60. The molecule has 1 heterocycles. The van der Waals surface area contributed by atoms with Crippen LogP contribution in [0.2, 0.25) is 0 Å². The van der Waals surface area contributed by atoms with Crippen molar-refractivity contribution in [3.63, 3.8) is 0 Å². The Labute approximate surface area is 120 Å². The van der Waals surface area contributed by atoms with Gasteiger partial charge in [-0.3, -0.25) is 4.79 Å². The molecular formula is C13H16F2N2O2S. The lowest BCUT2D eigenvalue weighted by Gasteiger charge is -2.32. The third kappa shape index (κ3) is 3.68. The Morgan fingerprint density at radius 1 is 1.35 bits per heavy atom. The first-order valence-electron chi connectivity index (χ1n) is 6.23. The van der Waals surface area contributed by atoms with Gasteiger partial charge in [0.05, 0.1) is 5.69 Å². The molecule has 0 aliphatic carbocycles. The molecule has 4 nitrogen and oxygen atoms in total. The van der Waals surface area contributed by atoms with Crippen molar-refractivity contribution in [2.75, 3.05) is 18.5 Å². The summed E-state index contributed by atoms with van der Waals surface area (Å²) in [5.74, 6) is -2.90. The zero-order valence-corrected chi connectivity index (χ0v) is 11.6. The number of para-hydroxylation sites is 1. The molecule has 0 unspecified atom stereocenters. The first kappa shape index (κ1) is 15.2. The molecular weight excluding hydrogens is 286 g/mol. The van der Waals surface area contributed by atoms with Crippen LogP contribution in [0.5, 0.6) is 0 Å². The summed E-state index contributed by atoms with van der Waals surface area (Å²) in [6.45, 7) is 0.856. The molecule has 20 heavy (non-hydrogen) atoms. The molecule has 1 amide bonds. The molecule has 0 spiro atoms. The molecule has 2 rings (SSSR count). The number of thioether (sulfide) groups is 1. The highest BCUT2D eigenvalue weighted by Gasteiger charge is 2.36. The van der Waals surface area contributed by atoms with E-state index in [0.717, 1.165) is 0 Å². The van der Waals surface area contributed by atoms with Crippen LogP contribution in [0.4, 0.5) is 14.5 Å². The predicted molar refractivity (Wildman–Crippen MR) is 73.9 cm³/mol. The van der Waals surface area contributed by atoms with Gasteiger partial charge in [-0.2, -0.15) is 8.78 Å². The maximum atomic E-state index is 12.5. The van der Waals surface area contributed by atoms with E-state index in [4.69, 9.17) is 10.5 Å². The zero-order chi connectivity index (χ0) is 14.6. The zero-order valence-electron chi connectivity index (χ0n) is 10.8. The van der Waals surface area contributed by atoms with Gasteiger partial charge in [0.15, 0.2) is 0 Å². The molecule has 0 saturated carbocycles. The van der Waals surface area contributed by atoms with E-state index < -0.39 is 11.3 Å². The van der Waals surface area contributed by atoms with E-state index in [0.29, 0.717) is 48.4 Å². The fraction of sp³-hybridized carbons (Fsp3) is 0.462. The fourth-order valence-corrected chi connectivity index (χ4v) is 2.57. The number of nitrogens with one attached hydrogen (secondary N) is 1. The van der Waals surface area contributed by atoms with Crippen LogP contribution in [0, 0.1) is 0 Å². The Hall–Kier alpha value is -1.18. The molecule has 1 fully saturated rings. The van der Waals surface area contributed by atoms with Crippen LogP contribution in [0.1, 0.15) is 12.8 Å². The van der Waals surface area contributed by atoms with Crippen LogP contribution in [-0.2, 0) is 9.53 Å². The Bertz CT molecular complexity index is 479. The summed E-state index contributed by atoms with van der Waals surface area (Å²) < 4.78 is 30.1. The number of alkyl halides is 2. The van der Waals surface area contributed by atoms with E-state index in [1.54, 1.807) is 24.3 Å². The normalized spacial score (nSPS) is 18.0. The van der Waals surface area contributed by atoms with Crippen molar-refractivity contribution >= 4 is 23.4 Å². The van der Waals surface area contributed by atoms with Gasteiger partial charge in [-0.1, -0.05) is 23.9 Å². The van der Waals surface area contributed by atoms with Crippen molar-refractivity contribution in [1.82, 2.24) is 0 Å². The Morgan fingerprint density at radius 3 is 2.65 bits per heavy atom. The molecule has 3 N–H and O–H groups in total. The van der Waals surface area contributed by atoms with Crippen molar-refractivity contribution in [2.24, 2.45) is 5.73 Å². The first-order chi connectivity index (χ1) is 9.51. The molecule has 1 aliphatic heterocycles. The standard InChI is InChI=1S/C13H16F2N2O2S/c14-12(15)20-10-4-2-1-3-9(10)17-11(18)13(16)5-7-19-8-6-13/h1-4,12H,5-8,16H2,(H,17,18). The number of nitrogens with two attached hydrogens (primary N) is 1. The molecule has 1 aromatic rings. The van der Waals surface area contributed by atoms with Crippen LogP contribution in [0.3, 0.4) is 0 Å². The van der Waals surface area contributed by atoms with Crippen molar-refractivity contribution in [3.8, 4) is 0 Å². The van der Waals surface area contributed by atoms with Gasteiger partial charge in [0.25, 0.3) is 5.76 Å². The van der Waals surface area contributed by atoms with E-state index in [9.17, 15) is 13.6 Å². The predicted octanol–water partition coefficient (Wildman–Crippen LogP) is 2.45. The molecule has 0 atom stereocenters. The highest BCUT2D eigenvalue weighted by molar-refractivity contribution is 7.99. The number of rotatable bonds is 4. The molecule has 7 heteroatoms. The van der Waals surface area contributed by atoms with E-state index >= 15 is 0 Å². The van der Waals surface area contributed by atoms with Gasteiger partial charge in [-0.05, 0) is 25.0 Å². The van der Waals surface area contributed by atoms with Crippen molar-refractivity contribution < 1.29 is 18.3 Å². The molecule has 0 radical (unpaired) electrons. The highest BCUT2D eigenvalue weighted by Crippen LogP contribution is 2.32. The van der Waals surface area contributed by atoms with Crippen molar-refractivity contribution in [2.45, 2.75) is 29.0 Å². The number of carbonyl (C=O) groups excluding carboxylic acids is 1. The number of hydrogen-bond donors (Lipinski definition) is 2. The second-order valence-corrected chi connectivity index (χ2v) is 5.63. The Morgan fingerprint density at radius 2 is 2.00 bits per heavy atom. The second kappa shape index (κ2) is 6.51. The molecule has 0 bridgehead atoms. The number of hydrogen-bond acceptors (Lipinski definition) is 4. The quantitative estimate of drug-likeness (QED) is 0.839. The molecule has 1 saturated heterocycles. The van der Waals surface area contributed by atoms with E-state index in [1.165, 1.54) is 0 Å². The maximum absolute atomic E-state index is 12.5. The topological polar surface area (TPSA) is 64.4 Å². The summed E-state index contributed by atoms with van der Waals surface area (Å²) in [6, 6.07) is 6.45. The summed E-state index contributed by atoms with van der Waals surface area (Å²) in [5.41, 5.74) is 5.42. The van der Waals surface area contributed by atoms with Crippen LogP contribution >= 0.6 is 11.8 Å².